The fourth-order valence-electron chi connectivity index (χ4n) is 3.18. The zero-order chi connectivity index (χ0) is 15.9. The summed E-state index contributed by atoms with van der Waals surface area (Å²) in [6.45, 7) is 4.53. The van der Waals surface area contributed by atoms with Crippen LogP contribution in [0.4, 0.5) is 0 Å². The van der Waals surface area contributed by atoms with Crippen molar-refractivity contribution in [2.75, 3.05) is 0 Å². The first kappa shape index (κ1) is 19.2. The molecule has 0 unspecified atom stereocenters. The first-order valence-electron chi connectivity index (χ1n) is 9.80. The Morgan fingerprint density at radius 3 is 1.77 bits per heavy atom. The van der Waals surface area contributed by atoms with Gasteiger partial charge in [0.2, 0.25) is 0 Å². The summed E-state index contributed by atoms with van der Waals surface area (Å²) < 4.78 is 0. The molecule has 0 bridgehead atoms. The molecule has 126 valence electrons. The predicted octanol–water partition coefficient (Wildman–Crippen LogP) is 6.89. The average molecular weight is 304 g/mol. The summed E-state index contributed by atoms with van der Waals surface area (Å²) in [6, 6.07) is 2.18. The Labute approximate surface area is 138 Å². The lowest BCUT2D eigenvalue weighted by atomic mass is 10.0. The summed E-state index contributed by atoms with van der Waals surface area (Å²) in [5, 5.41) is 0. The van der Waals surface area contributed by atoms with Crippen LogP contribution in [0, 0.1) is 0 Å². The molecule has 0 N–H and O–H groups in total. The van der Waals surface area contributed by atoms with E-state index >= 15 is 0 Å². The summed E-state index contributed by atoms with van der Waals surface area (Å²) in [4.78, 5) is 4.27. The quantitative estimate of drug-likeness (QED) is 0.341. The van der Waals surface area contributed by atoms with Crippen LogP contribution in [-0.4, -0.2) is 4.98 Å². The molecule has 0 spiro atoms. The predicted molar refractivity (Wildman–Crippen MR) is 98.4 cm³/mol. The van der Waals surface area contributed by atoms with Crippen molar-refractivity contribution in [1.82, 2.24) is 4.98 Å². The van der Waals surface area contributed by atoms with Crippen molar-refractivity contribution in [2.45, 2.75) is 104 Å². The maximum Gasteiger partial charge on any atom is 0.0302 e. The molecule has 0 aliphatic carbocycles. The van der Waals surface area contributed by atoms with Crippen molar-refractivity contribution in [3.8, 4) is 0 Å². The van der Waals surface area contributed by atoms with Crippen LogP contribution < -0.4 is 0 Å². The Bertz CT molecular complexity index is 359. The third kappa shape index (κ3) is 9.23. The molecule has 0 aliphatic rings. The number of pyridine rings is 1. The van der Waals surface area contributed by atoms with E-state index in [0.29, 0.717) is 0 Å². The van der Waals surface area contributed by atoms with Gasteiger partial charge in [-0.2, -0.15) is 0 Å². The van der Waals surface area contributed by atoms with Crippen molar-refractivity contribution < 1.29 is 0 Å². The minimum absolute atomic E-state index is 1.14. The Morgan fingerprint density at radius 1 is 0.682 bits per heavy atom. The van der Waals surface area contributed by atoms with Crippen LogP contribution in [0.2, 0.25) is 0 Å². The van der Waals surface area contributed by atoms with E-state index in [0.717, 1.165) is 6.42 Å². The number of unbranched alkanes of at least 4 members (excludes halogenated alkanes) is 11. The number of hydrogen-bond donors (Lipinski definition) is 0. The van der Waals surface area contributed by atoms with Gasteiger partial charge in [0.1, 0.15) is 0 Å². The Morgan fingerprint density at radius 2 is 1.23 bits per heavy atom. The molecule has 0 saturated heterocycles. The van der Waals surface area contributed by atoms with Crippen molar-refractivity contribution in [3.63, 3.8) is 0 Å². The summed E-state index contributed by atoms with van der Waals surface area (Å²) >= 11 is 0. The highest BCUT2D eigenvalue weighted by atomic mass is 14.6. The molecule has 0 aromatic carbocycles. The lowest BCUT2D eigenvalue weighted by Gasteiger charge is -2.07. The van der Waals surface area contributed by atoms with E-state index in [-0.39, 0.29) is 0 Å². The van der Waals surface area contributed by atoms with Gasteiger partial charge in [0.05, 0.1) is 0 Å². The van der Waals surface area contributed by atoms with E-state index in [2.05, 4.69) is 31.1 Å². The lowest BCUT2D eigenvalue weighted by molar-refractivity contribution is 0.544. The Balaban J connectivity index is 1.89. The molecule has 0 atom stereocenters. The molecular weight excluding hydrogens is 266 g/mol. The van der Waals surface area contributed by atoms with Gasteiger partial charge in [0.25, 0.3) is 0 Å². The molecule has 0 radical (unpaired) electrons. The van der Waals surface area contributed by atoms with E-state index < -0.39 is 0 Å². The number of aryl methyl sites for hydroxylation is 2. The minimum Gasteiger partial charge on any atom is -0.264 e. The van der Waals surface area contributed by atoms with E-state index in [1.54, 1.807) is 0 Å². The second-order valence-electron chi connectivity index (χ2n) is 6.64. The molecule has 0 amide bonds. The highest BCUT2D eigenvalue weighted by molar-refractivity contribution is 5.23. The van der Waals surface area contributed by atoms with E-state index in [1.165, 1.54) is 94.6 Å². The molecular formula is C21H37N. The standard InChI is InChI=1S/C21H37N/c1-3-5-6-7-8-9-10-11-12-13-14-15-16-21-19-22-18-17-20(21)4-2/h17-19H,3-16H2,1-2H3. The van der Waals surface area contributed by atoms with Gasteiger partial charge < -0.3 is 0 Å². The maximum atomic E-state index is 4.27. The summed E-state index contributed by atoms with van der Waals surface area (Å²) in [5.74, 6) is 0. The fourth-order valence-corrected chi connectivity index (χ4v) is 3.18. The van der Waals surface area contributed by atoms with E-state index in [1.807, 2.05) is 6.20 Å². The largest absolute Gasteiger partial charge is 0.264 e. The van der Waals surface area contributed by atoms with E-state index in [9.17, 15) is 0 Å². The maximum absolute atomic E-state index is 4.27. The van der Waals surface area contributed by atoms with Crippen molar-refractivity contribution in [2.24, 2.45) is 0 Å². The molecule has 22 heavy (non-hydrogen) atoms. The summed E-state index contributed by atoms with van der Waals surface area (Å²) in [6.07, 6.45) is 23.4. The molecule has 0 saturated carbocycles. The van der Waals surface area contributed by atoms with Gasteiger partial charge >= 0.3 is 0 Å². The zero-order valence-electron chi connectivity index (χ0n) is 15.1. The SMILES string of the molecule is CCCCCCCCCCCCCCc1cnccc1CC. The topological polar surface area (TPSA) is 12.9 Å². The molecule has 0 aliphatic heterocycles. The number of nitrogens with zero attached hydrogens (tertiary/aromatic N) is 1. The molecule has 1 nitrogen and oxygen atoms in total. The van der Waals surface area contributed by atoms with Crippen molar-refractivity contribution >= 4 is 0 Å². The lowest BCUT2D eigenvalue weighted by Crippen LogP contribution is -1.94. The van der Waals surface area contributed by atoms with Crippen molar-refractivity contribution in [1.29, 1.82) is 0 Å². The van der Waals surface area contributed by atoms with E-state index in [4.69, 9.17) is 0 Å². The molecule has 1 aromatic heterocycles. The van der Waals surface area contributed by atoms with Gasteiger partial charge in [-0.15, -0.1) is 0 Å². The highest BCUT2D eigenvalue weighted by Gasteiger charge is 2.00. The van der Waals surface area contributed by atoms with Gasteiger partial charge in [-0.3, -0.25) is 4.98 Å². The zero-order valence-corrected chi connectivity index (χ0v) is 15.1. The molecule has 1 aromatic rings. The first-order chi connectivity index (χ1) is 10.9. The van der Waals surface area contributed by atoms with Gasteiger partial charge in [0, 0.05) is 12.4 Å². The van der Waals surface area contributed by atoms with Crippen LogP contribution in [0.1, 0.15) is 102 Å². The smallest absolute Gasteiger partial charge is 0.0302 e. The second kappa shape index (κ2) is 13.8. The van der Waals surface area contributed by atoms with Gasteiger partial charge in [-0.25, -0.2) is 0 Å². The minimum atomic E-state index is 1.14. The Hall–Kier alpha value is -0.850. The van der Waals surface area contributed by atoms with Crippen LogP contribution in [0.5, 0.6) is 0 Å². The monoisotopic (exact) mass is 303 g/mol. The first-order valence-corrected chi connectivity index (χ1v) is 9.80. The normalized spacial score (nSPS) is 11.0. The van der Waals surface area contributed by atoms with Crippen molar-refractivity contribution in [3.05, 3.63) is 29.6 Å². The molecule has 1 heteroatoms. The van der Waals surface area contributed by atoms with Gasteiger partial charge in [-0.05, 0) is 36.5 Å². The Kier molecular flexibility index (Phi) is 12.0. The molecule has 0 fully saturated rings. The molecule has 1 heterocycles. The van der Waals surface area contributed by atoms with Gasteiger partial charge in [0.15, 0.2) is 0 Å². The van der Waals surface area contributed by atoms with Crippen LogP contribution in [0.15, 0.2) is 18.5 Å². The van der Waals surface area contributed by atoms with Crippen LogP contribution >= 0.6 is 0 Å². The third-order valence-electron chi connectivity index (χ3n) is 4.69. The number of hydrogen-bond acceptors (Lipinski definition) is 1. The highest BCUT2D eigenvalue weighted by Crippen LogP contribution is 2.15. The van der Waals surface area contributed by atoms with Crippen LogP contribution in [-0.2, 0) is 12.8 Å². The summed E-state index contributed by atoms with van der Waals surface area (Å²) in [5.41, 5.74) is 2.95. The average Bonchev–Trinajstić information content (AvgIpc) is 2.56. The second-order valence-corrected chi connectivity index (χ2v) is 6.64. The third-order valence-corrected chi connectivity index (χ3v) is 4.69. The van der Waals surface area contributed by atoms with Gasteiger partial charge in [-0.1, -0.05) is 84.5 Å². The number of rotatable bonds is 14. The fraction of sp³-hybridized carbons (Fsp3) is 0.762. The van der Waals surface area contributed by atoms with Crippen LogP contribution in [0.25, 0.3) is 0 Å². The molecule has 1 rings (SSSR count). The summed E-state index contributed by atoms with van der Waals surface area (Å²) in [7, 11) is 0. The van der Waals surface area contributed by atoms with Crippen LogP contribution in [0.3, 0.4) is 0 Å². The number of aromatic nitrogens is 1.